The summed E-state index contributed by atoms with van der Waals surface area (Å²) in [4.78, 5) is 81.3. The molecular weight excluding hydrogens is 1010 g/mol. The molecule has 0 radical (unpaired) electrons. The molecule has 2 fully saturated rings. The molecule has 406 valence electrons. The number of unbranched alkanes of at least 4 members (excludes halogenated alkanes) is 2. The van der Waals surface area contributed by atoms with Gasteiger partial charge in [-0.05, 0) is 105 Å². The first-order chi connectivity index (χ1) is 36.2. The first-order valence-electron chi connectivity index (χ1n) is 26.4. The van der Waals surface area contributed by atoms with Gasteiger partial charge in [0, 0.05) is 55.8 Å². The fraction of sp³-hybridized carbons (Fsp3) is 0.500. The summed E-state index contributed by atoms with van der Waals surface area (Å²) in [5.41, 5.74) is 7.41. The number of nitrogens with one attached hydrogen (secondary N) is 3. The van der Waals surface area contributed by atoms with Crippen LogP contribution in [-0.2, 0) is 43.9 Å². The lowest BCUT2D eigenvalue weighted by Crippen LogP contribution is -2.57. The number of carboxylic acid groups (broad SMARTS) is 1. The molecule has 0 bridgehead atoms. The van der Waals surface area contributed by atoms with Gasteiger partial charge in [0.1, 0.15) is 23.6 Å². The Kier molecular flexibility index (Phi) is 17.4. The van der Waals surface area contributed by atoms with Crippen molar-refractivity contribution in [2.45, 2.75) is 149 Å². The van der Waals surface area contributed by atoms with Gasteiger partial charge in [0.2, 0.25) is 27.7 Å². The highest BCUT2D eigenvalue weighted by molar-refractivity contribution is 7.90. The van der Waals surface area contributed by atoms with E-state index >= 15 is 0 Å². The minimum atomic E-state index is -4.20. The average molecular weight is 1080 g/mol. The van der Waals surface area contributed by atoms with Gasteiger partial charge in [0.05, 0.1) is 45.7 Å². The number of carboxylic acids is 1. The second-order valence-electron chi connectivity index (χ2n) is 21.8. The number of likely N-dealkylation sites (tertiary alicyclic amines) is 1. The quantitative estimate of drug-likeness (QED) is 0.0503. The lowest BCUT2D eigenvalue weighted by molar-refractivity contribution is -0.144. The summed E-state index contributed by atoms with van der Waals surface area (Å²) in [7, 11) is -4.20. The molecule has 4 atom stereocenters. The van der Waals surface area contributed by atoms with E-state index in [4.69, 9.17) is 4.98 Å². The molecule has 2 aromatic carbocycles. The van der Waals surface area contributed by atoms with Crippen LogP contribution in [0.25, 0.3) is 21.6 Å². The van der Waals surface area contributed by atoms with E-state index in [9.17, 15) is 42.6 Å². The molecule has 18 nitrogen and oxygen atoms in total. The van der Waals surface area contributed by atoms with E-state index in [1.807, 2.05) is 60.7 Å². The summed E-state index contributed by atoms with van der Waals surface area (Å²) < 4.78 is 31.4. The van der Waals surface area contributed by atoms with Crippen LogP contribution in [0, 0.1) is 25.2 Å². The maximum atomic E-state index is 14.3. The zero-order valence-corrected chi connectivity index (χ0v) is 45.9. The van der Waals surface area contributed by atoms with Gasteiger partial charge in [-0.2, -0.15) is 5.10 Å². The molecule has 5 aromatic rings. The predicted octanol–water partition coefficient (Wildman–Crippen LogP) is 7.52. The van der Waals surface area contributed by atoms with Gasteiger partial charge in [-0.3, -0.25) is 23.9 Å². The summed E-state index contributed by atoms with van der Waals surface area (Å²) in [6.07, 6.45) is 7.88. The number of aliphatic hydroxyl groups excluding tert-OH is 1. The third-order valence-corrected chi connectivity index (χ3v) is 17.4. The molecule has 8 rings (SSSR count). The smallest absolute Gasteiger partial charge is 0.336 e. The number of aromatic carboxylic acids is 1. The number of aromatic nitrogens is 4. The van der Waals surface area contributed by atoms with Crippen LogP contribution in [-0.4, -0.2) is 110 Å². The Morgan fingerprint density at radius 2 is 1.67 bits per heavy atom. The van der Waals surface area contributed by atoms with E-state index in [2.05, 4.69) is 25.4 Å². The Labute approximate surface area is 449 Å². The van der Waals surface area contributed by atoms with Crippen LogP contribution in [0.2, 0.25) is 0 Å². The number of sulfonamides is 1. The minimum absolute atomic E-state index is 0.0134. The number of pyridine rings is 1. The molecule has 76 heavy (non-hydrogen) atoms. The van der Waals surface area contributed by atoms with Crippen molar-refractivity contribution < 1.29 is 42.6 Å². The summed E-state index contributed by atoms with van der Waals surface area (Å²) >= 11 is 1.55. The summed E-state index contributed by atoms with van der Waals surface area (Å²) in [5, 5.41) is 31.2. The van der Waals surface area contributed by atoms with Crippen molar-refractivity contribution >= 4 is 56.8 Å². The van der Waals surface area contributed by atoms with Crippen LogP contribution < -0.4 is 20.3 Å². The zero-order valence-electron chi connectivity index (χ0n) is 44.3. The number of anilines is 1. The van der Waals surface area contributed by atoms with Crippen LogP contribution in [0.3, 0.4) is 0 Å². The van der Waals surface area contributed by atoms with E-state index in [0.717, 1.165) is 52.3 Å². The molecule has 5 heterocycles. The highest BCUT2D eigenvalue weighted by Crippen LogP contribution is 2.34. The summed E-state index contributed by atoms with van der Waals surface area (Å²) in [6.45, 7) is 12.6. The molecule has 20 heteroatoms. The number of hydrogen-bond acceptors (Lipinski definition) is 13. The second-order valence-corrected chi connectivity index (χ2v) is 24.5. The van der Waals surface area contributed by atoms with E-state index in [0.29, 0.717) is 47.8 Å². The first kappa shape index (κ1) is 55.7. The van der Waals surface area contributed by atoms with Gasteiger partial charge >= 0.3 is 5.97 Å². The maximum absolute atomic E-state index is 14.3. The Balaban J connectivity index is 0.877. The van der Waals surface area contributed by atoms with Crippen molar-refractivity contribution in [3.8, 4) is 21.6 Å². The number of β-amino-alcohol motifs (C(OH)–C–C–N with tert-alkyl or cyclic N) is 1. The van der Waals surface area contributed by atoms with E-state index in [1.165, 1.54) is 24.2 Å². The minimum Gasteiger partial charge on any atom is -0.478 e. The standard InChI is InChI=1S/C56H71N9O9S2/c1-34(38-19-21-40(22-20-38)50-35(2)57-33-75-50)59-52(68)46-28-41(66)31-64(46)54(70)51(56(4,5)6)61-48(67)18-11-8-12-27-76(73,74)62-53(69)49-42(44-29-58-65(36(44)3)30-37-14-9-7-10-15-37)23-24-47(60-49)63-26-25-39-16-13-17-43(55(71)72)45(39)32-63/h13,16-17,19-24,29,33-34,37,41,46,51,66H,7-12,14-15,18,25-28,30-32H2,1-6H3,(H,59,68)(H,61,67)(H,62,69)(H,71,72)/t34-,41+,46-,51+/m0/s1. The van der Waals surface area contributed by atoms with Gasteiger partial charge in [0.25, 0.3) is 5.91 Å². The maximum Gasteiger partial charge on any atom is 0.336 e. The highest BCUT2D eigenvalue weighted by atomic mass is 32.2. The van der Waals surface area contributed by atoms with Crippen LogP contribution in [0.4, 0.5) is 5.82 Å². The number of amides is 4. The second kappa shape index (κ2) is 23.8. The van der Waals surface area contributed by atoms with Gasteiger partial charge in [-0.25, -0.2) is 27.9 Å². The third kappa shape index (κ3) is 13.2. The SMILES string of the molecule is Cc1ncsc1-c1ccc([C@H](C)NC(=O)[C@@H]2C[C@@H](O)CN2C(=O)[C@@H](NC(=O)CCCCCS(=O)(=O)NC(=O)c2nc(N3CCc4cccc(C(=O)O)c4C3)ccc2-c2cnn(CC3CCCCC3)c2C)C(C)(C)C)cc1. The molecular formula is C56H71N9O9S2. The average Bonchev–Trinajstić information content (AvgIpc) is 4.12. The largest absolute Gasteiger partial charge is 0.478 e. The van der Waals surface area contributed by atoms with Crippen molar-refractivity contribution in [2.24, 2.45) is 11.3 Å². The highest BCUT2D eigenvalue weighted by Gasteiger charge is 2.45. The molecule has 3 aliphatic rings. The Morgan fingerprint density at radius 3 is 2.37 bits per heavy atom. The zero-order chi connectivity index (χ0) is 54.5. The molecule has 4 amide bonds. The van der Waals surface area contributed by atoms with Gasteiger partial charge in [0.15, 0.2) is 0 Å². The molecule has 1 aliphatic carbocycles. The van der Waals surface area contributed by atoms with E-state index in [1.54, 1.807) is 68.1 Å². The number of rotatable bonds is 19. The van der Waals surface area contributed by atoms with Gasteiger partial charge in [-0.1, -0.05) is 82.9 Å². The number of hydrogen-bond donors (Lipinski definition) is 5. The summed E-state index contributed by atoms with van der Waals surface area (Å²) in [6, 6.07) is 14.2. The normalized spacial score (nSPS) is 17.9. The van der Waals surface area contributed by atoms with Crippen molar-refractivity contribution in [1.29, 1.82) is 0 Å². The van der Waals surface area contributed by atoms with Crippen molar-refractivity contribution in [3.05, 3.63) is 106 Å². The molecule has 1 saturated heterocycles. The van der Waals surface area contributed by atoms with Crippen LogP contribution in [0.1, 0.15) is 147 Å². The topological polar surface area (TPSA) is 246 Å². The van der Waals surface area contributed by atoms with Gasteiger partial charge in [-0.15, -0.1) is 11.3 Å². The number of aliphatic hydroxyl groups is 1. The van der Waals surface area contributed by atoms with Crippen molar-refractivity contribution in [1.82, 2.24) is 40.0 Å². The molecule has 0 unspecified atom stereocenters. The lowest BCUT2D eigenvalue weighted by atomic mass is 9.85. The number of fused-ring (bicyclic) bond motifs is 1. The predicted molar refractivity (Wildman–Crippen MR) is 291 cm³/mol. The number of nitrogens with zero attached hydrogens (tertiary/aromatic N) is 6. The van der Waals surface area contributed by atoms with Crippen LogP contribution >= 0.6 is 11.3 Å². The van der Waals surface area contributed by atoms with Gasteiger partial charge < -0.3 is 30.6 Å². The Hall–Kier alpha value is -6.51. The van der Waals surface area contributed by atoms with Crippen molar-refractivity contribution in [2.75, 3.05) is 23.7 Å². The Bertz CT molecular complexity index is 3050. The molecule has 1 saturated carbocycles. The third-order valence-electron chi connectivity index (χ3n) is 15.1. The van der Waals surface area contributed by atoms with Crippen LogP contribution in [0.5, 0.6) is 0 Å². The number of aryl methyl sites for hydroxylation is 1. The molecule has 5 N–H and O–H groups in total. The number of carbonyl (C=O) groups excluding carboxylic acids is 4. The molecule has 3 aromatic heterocycles. The lowest BCUT2D eigenvalue weighted by Gasteiger charge is -2.35. The summed E-state index contributed by atoms with van der Waals surface area (Å²) in [5.74, 6) is -2.81. The number of carbonyl (C=O) groups is 5. The molecule has 2 aliphatic heterocycles. The van der Waals surface area contributed by atoms with E-state index < -0.39 is 75.0 Å². The number of thiazole rings is 1. The van der Waals surface area contributed by atoms with Crippen molar-refractivity contribution in [3.63, 3.8) is 0 Å². The van der Waals surface area contributed by atoms with Crippen LogP contribution in [0.15, 0.2) is 66.3 Å². The fourth-order valence-electron chi connectivity index (χ4n) is 10.7. The Morgan fingerprint density at radius 1 is 0.921 bits per heavy atom. The first-order valence-corrected chi connectivity index (χ1v) is 29.0. The number of benzene rings is 2. The monoisotopic (exact) mass is 1080 g/mol. The fourth-order valence-corrected chi connectivity index (χ4v) is 12.6. The van der Waals surface area contributed by atoms with E-state index in [-0.39, 0.29) is 50.0 Å². The molecule has 0 spiro atoms.